The molecule has 0 atom stereocenters. The fraction of sp³-hybridized carbons (Fsp3) is 0. The Kier molecular flexibility index (Phi) is 5.45. The van der Waals surface area contributed by atoms with Gasteiger partial charge in [0, 0.05) is 12.1 Å². The number of fused-ring (bicyclic) bond motifs is 1. The summed E-state index contributed by atoms with van der Waals surface area (Å²) in [6.45, 7) is 0. The van der Waals surface area contributed by atoms with Crippen molar-refractivity contribution < 1.29 is 61.3 Å². The van der Waals surface area contributed by atoms with Gasteiger partial charge >= 0.3 is 29.6 Å². The Bertz CT molecular complexity index is 1090. The van der Waals surface area contributed by atoms with Crippen molar-refractivity contribution >= 4 is 21.4 Å². The smallest absolute Gasteiger partial charge is 0.716 e. The molecule has 2 aromatic carbocycles. The van der Waals surface area contributed by atoms with Crippen LogP contribution in [0.25, 0.3) is 22.1 Å². The molecule has 0 spiro atoms. The number of aromatic hydroxyl groups is 2. The summed E-state index contributed by atoms with van der Waals surface area (Å²) in [6, 6.07) is 7.32. The van der Waals surface area contributed by atoms with E-state index in [1.54, 1.807) is 0 Å². The van der Waals surface area contributed by atoms with Crippen LogP contribution >= 0.6 is 0 Å². The largest absolute Gasteiger partial charge is 1.00 e. The van der Waals surface area contributed by atoms with Crippen LogP contribution in [0.15, 0.2) is 51.9 Å². The van der Waals surface area contributed by atoms with Crippen molar-refractivity contribution in [2.24, 2.45) is 0 Å². The van der Waals surface area contributed by atoms with Gasteiger partial charge in [0.05, 0.1) is 5.56 Å². The molecule has 124 valence electrons. The fourth-order valence-corrected chi connectivity index (χ4v) is 2.57. The first-order valence-corrected chi connectivity index (χ1v) is 7.81. The Labute approximate surface area is 163 Å². The van der Waals surface area contributed by atoms with Crippen LogP contribution in [0.4, 0.5) is 0 Å². The van der Waals surface area contributed by atoms with Gasteiger partial charge < -0.3 is 23.4 Å². The minimum atomic E-state index is -4.89. The molecule has 8 nitrogen and oxygen atoms in total. The minimum absolute atomic E-state index is 0. The summed E-state index contributed by atoms with van der Waals surface area (Å²) >= 11 is 0. The minimum Gasteiger partial charge on any atom is -0.716 e. The van der Waals surface area contributed by atoms with Crippen molar-refractivity contribution in [2.75, 3.05) is 0 Å². The first-order valence-electron chi connectivity index (χ1n) is 6.48. The molecule has 0 saturated heterocycles. The number of benzene rings is 2. The summed E-state index contributed by atoms with van der Waals surface area (Å²) < 4.78 is 41.0. The van der Waals surface area contributed by atoms with E-state index in [2.05, 4.69) is 4.18 Å². The summed E-state index contributed by atoms with van der Waals surface area (Å²) in [4.78, 5) is 12.5. The third-order valence-electron chi connectivity index (χ3n) is 3.21. The van der Waals surface area contributed by atoms with Gasteiger partial charge in [0.2, 0.25) is 5.43 Å². The number of phenols is 2. The Morgan fingerprint density at radius 3 is 2.32 bits per heavy atom. The molecular formula is C15H9NaO8S. The molecule has 0 amide bonds. The predicted molar refractivity (Wildman–Crippen MR) is 81.6 cm³/mol. The molecule has 0 bridgehead atoms. The van der Waals surface area contributed by atoms with Gasteiger partial charge in [-0.05, 0) is 17.7 Å². The van der Waals surface area contributed by atoms with Gasteiger partial charge in [-0.3, -0.25) is 4.79 Å². The number of phenolic OH excluding ortho intramolecular Hbond substituents is 2. The van der Waals surface area contributed by atoms with Crippen LogP contribution in [0.3, 0.4) is 0 Å². The molecule has 3 rings (SSSR count). The van der Waals surface area contributed by atoms with Crippen LogP contribution in [0.5, 0.6) is 17.2 Å². The molecule has 25 heavy (non-hydrogen) atoms. The maximum absolute atomic E-state index is 12.5. The fourth-order valence-electron chi connectivity index (χ4n) is 2.23. The predicted octanol–water partition coefficient (Wildman–Crippen LogP) is -1.29. The Hall–Kier alpha value is -2.04. The summed E-state index contributed by atoms with van der Waals surface area (Å²) in [5.41, 5.74) is -0.0775. The van der Waals surface area contributed by atoms with E-state index in [0.717, 1.165) is 12.3 Å². The van der Waals surface area contributed by atoms with Crippen LogP contribution in [0, 0.1) is 0 Å². The van der Waals surface area contributed by atoms with Gasteiger partial charge in [-0.25, -0.2) is 8.42 Å². The monoisotopic (exact) mass is 372 g/mol. The maximum atomic E-state index is 12.5. The molecule has 3 aromatic rings. The zero-order valence-electron chi connectivity index (χ0n) is 12.8. The molecule has 0 aliphatic carbocycles. The molecule has 0 saturated carbocycles. The van der Waals surface area contributed by atoms with Crippen molar-refractivity contribution in [1.82, 2.24) is 0 Å². The summed E-state index contributed by atoms with van der Waals surface area (Å²) in [5.74, 6) is -0.888. The van der Waals surface area contributed by atoms with E-state index >= 15 is 0 Å². The van der Waals surface area contributed by atoms with Crippen molar-refractivity contribution in [3.63, 3.8) is 0 Å². The van der Waals surface area contributed by atoms with Crippen LogP contribution in [-0.2, 0) is 10.4 Å². The summed E-state index contributed by atoms with van der Waals surface area (Å²) in [5, 5.41) is 19.1. The molecule has 2 N–H and O–H groups in total. The molecule has 0 radical (unpaired) electrons. The van der Waals surface area contributed by atoms with E-state index in [1.807, 2.05) is 0 Å². The normalized spacial score (nSPS) is 11.1. The summed E-state index contributed by atoms with van der Waals surface area (Å²) in [7, 11) is -4.89. The van der Waals surface area contributed by atoms with E-state index < -0.39 is 21.6 Å². The summed E-state index contributed by atoms with van der Waals surface area (Å²) in [6.07, 6.45) is 1.14. The van der Waals surface area contributed by atoms with Gasteiger partial charge in [0.15, 0.2) is 0 Å². The van der Waals surface area contributed by atoms with Crippen LogP contribution in [0.2, 0.25) is 0 Å². The van der Waals surface area contributed by atoms with E-state index in [9.17, 15) is 28.0 Å². The van der Waals surface area contributed by atoms with Gasteiger partial charge in [-0.1, -0.05) is 12.1 Å². The molecule has 0 aliphatic heterocycles. The topological polar surface area (TPSA) is 137 Å². The van der Waals surface area contributed by atoms with Gasteiger partial charge in [0.25, 0.3) is 10.4 Å². The average Bonchev–Trinajstić information content (AvgIpc) is 2.46. The van der Waals surface area contributed by atoms with Gasteiger partial charge in [-0.15, -0.1) is 0 Å². The second-order valence-electron chi connectivity index (χ2n) is 4.83. The van der Waals surface area contributed by atoms with Crippen LogP contribution in [-0.4, -0.2) is 23.2 Å². The van der Waals surface area contributed by atoms with Gasteiger partial charge in [0.1, 0.15) is 34.5 Å². The van der Waals surface area contributed by atoms with Crippen molar-refractivity contribution in [2.45, 2.75) is 0 Å². The zero-order valence-corrected chi connectivity index (χ0v) is 15.6. The van der Waals surface area contributed by atoms with E-state index in [4.69, 9.17) is 4.42 Å². The molecular weight excluding hydrogens is 363 g/mol. The van der Waals surface area contributed by atoms with Crippen molar-refractivity contribution in [3.05, 3.63) is 52.9 Å². The average molecular weight is 372 g/mol. The number of hydrogen-bond acceptors (Lipinski definition) is 8. The Balaban J connectivity index is 0.00000225. The Morgan fingerprint density at radius 1 is 1.08 bits per heavy atom. The Morgan fingerprint density at radius 2 is 1.72 bits per heavy atom. The van der Waals surface area contributed by atoms with Crippen molar-refractivity contribution in [3.8, 4) is 28.4 Å². The molecule has 0 unspecified atom stereocenters. The number of hydrogen-bond donors (Lipinski definition) is 2. The standard InChI is InChI=1S/C15H10O8S.Na/c16-9-5-12(17)14-13(6-9)22-7-11(15(14)18)8-1-3-10(4-2-8)23-24(19,20)21;/h1-7,16-17H,(H,19,20,21);/q;+1/p-1. The maximum Gasteiger partial charge on any atom is 1.00 e. The zero-order chi connectivity index (χ0) is 17.5. The molecule has 10 heteroatoms. The first kappa shape index (κ1) is 19.3. The van der Waals surface area contributed by atoms with Gasteiger partial charge in [-0.2, -0.15) is 0 Å². The third kappa shape index (κ3) is 4.14. The van der Waals surface area contributed by atoms with Crippen LogP contribution in [0.1, 0.15) is 0 Å². The molecule has 1 aromatic heterocycles. The molecule has 0 aliphatic rings. The van der Waals surface area contributed by atoms with E-state index in [1.165, 1.54) is 30.3 Å². The molecule has 0 fully saturated rings. The quantitative estimate of drug-likeness (QED) is 0.329. The third-order valence-corrected chi connectivity index (χ3v) is 3.60. The van der Waals surface area contributed by atoms with E-state index in [0.29, 0.717) is 5.56 Å². The van der Waals surface area contributed by atoms with Crippen LogP contribution < -0.4 is 39.2 Å². The SMILES string of the molecule is O=c1c(-c2ccc(OS(=O)(=O)[O-])cc2)coc2cc(O)cc(O)c12.[Na+]. The molecule has 1 heterocycles. The second kappa shape index (κ2) is 7.06. The number of rotatable bonds is 3. The first-order chi connectivity index (χ1) is 11.2. The second-order valence-corrected chi connectivity index (χ2v) is 5.82. The van der Waals surface area contributed by atoms with Crippen molar-refractivity contribution in [1.29, 1.82) is 0 Å². The van der Waals surface area contributed by atoms with E-state index in [-0.39, 0.29) is 57.6 Å².